The Kier molecular flexibility index (Phi) is 9.73. The van der Waals surface area contributed by atoms with Crippen molar-refractivity contribution >= 4 is 28.2 Å². The van der Waals surface area contributed by atoms with Crippen molar-refractivity contribution in [3.63, 3.8) is 0 Å². The van der Waals surface area contributed by atoms with Gasteiger partial charge in [-0.3, -0.25) is 4.98 Å². The van der Waals surface area contributed by atoms with Crippen LogP contribution < -0.4 is 5.32 Å². The summed E-state index contributed by atoms with van der Waals surface area (Å²) in [5, 5.41) is 5.47. The van der Waals surface area contributed by atoms with Gasteiger partial charge in [-0.2, -0.15) is 0 Å². The molecule has 1 heterocycles. The Bertz CT molecular complexity index is 596. The van der Waals surface area contributed by atoms with Crippen LogP contribution in [-0.2, 0) is 0 Å². The van der Waals surface area contributed by atoms with Crippen molar-refractivity contribution in [3.05, 3.63) is 35.5 Å². The number of aromatic nitrogens is 1. The second-order valence-electron chi connectivity index (χ2n) is 5.73. The molecule has 134 valence electrons. The zero-order valence-electron chi connectivity index (χ0n) is 15.8. The van der Waals surface area contributed by atoms with E-state index in [4.69, 9.17) is 11.6 Å². The summed E-state index contributed by atoms with van der Waals surface area (Å²) in [7, 11) is 0. The fourth-order valence-corrected chi connectivity index (χ4v) is 2.91. The van der Waals surface area contributed by atoms with Gasteiger partial charge < -0.3 is 10.2 Å². The van der Waals surface area contributed by atoms with Crippen LogP contribution in [0, 0.1) is 0 Å². The first-order valence-corrected chi connectivity index (χ1v) is 9.55. The van der Waals surface area contributed by atoms with Crippen LogP contribution in [0.3, 0.4) is 0 Å². The number of anilines is 1. The number of benzene rings is 1. The molecular weight excluding hydrogens is 318 g/mol. The van der Waals surface area contributed by atoms with E-state index >= 15 is 0 Å². The van der Waals surface area contributed by atoms with Gasteiger partial charge in [-0.25, -0.2) is 0 Å². The zero-order chi connectivity index (χ0) is 17.9. The largest absolute Gasteiger partial charge is 0.382 e. The standard InChI is InChI=1S/C18H26ClN3.C2H6/c1-4-22(5-2)12-6-7-14(3)21-17-10-11-20-18-13-15(19)8-9-16(17)18;1-2/h8-11,13-14H,4-7,12H2,1-3H3,(H,20,21);1-2H3. The zero-order valence-corrected chi connectivity index (χ0v) is 16.5. The molecule has 2 aromatic rings. The molecule has 1 aromatic heterocycles. The van der Waals surface area contributed by atoms with Crippen molar-refractivity contribution in [1.82, 2.24) is 9.88 Å². The maximum atomic E-state index is 6.04. The number of nitrogens with zero attached hydrogens (tertiary/aromatic N) is 2. The number of pyridine rings is 1. The van der Waals surface area contributed by atoms with Crippen LogP contribution in [-0.4, -0.2) is 35.6 Å². The molecule has 0 spiro atoms. The molecule has 0 bridgehead atoms. The van der Waals surface area contributed by atoms with E-state index in [1.165, 1.54) is 13.0 Å². The first-order chi connectivity index (χ1) is 11.6. The molecule has 1 atom stereocenters. The van der Waals surface area contributed by atoms with Gasteiger partial charge in [-0.05, 0) is 63.7 Å². The molecule has 0 radical (unpaired) electrons. The molecule has 0 saturated carbocycles. The Hall–Kier alpha value is -1.32. The Morgan fingerprint density at radius 1 is 1.17 bits per heavy atom. The van der Waals surface area contributed by atoms with Gasteiger partial charge in [-0.15, -0.1) is 0 Å². The third kappa shape index (κ3) is 6.29. The predicted octanol–water partition coefficient (Wildman–Crippen LogP) is 5.84. The lowest BCUT2D eigenvalue weighted by Gasteiger charge is -2.20. The Morgan fingerprint density at radius 3 is 2.54 bits per heavy atom. The van der Waals surface area contributed by atoms with Crippen LogP contribution in [0.15, 0.2) is 30.5 Å². The highest BCUT2D eigenvalue weighted by Crippen LogP contribution is 2.25. The van der Waals surface area contributed by atoms with Crippen molar-refractivity contribution in [2.45, 2.75) is 53.5 Å². The van der Waals surface area contributed by atoms with Gasteiger partial charge >= 0.3 is 0 Å². The van der Waals surface area contributed by atoms with E-state index in [2.05, 4.69) is 36.0 Å². The van der Waals surface area contributed by atoms with Gasteiger partial charge in [0.05, 0.1) is 5.52 Å². The van der Waals surface area contributed by atoms with Crippen molar-refractivity contribution in [2.24, 2.45) is 0 Å². The quantitative estimate of drug-likeness (QED) is 0.649. The van der Waals surface area contributed by atoms with Crippen LogP contribution >= 0.6 is 11.6 Å². The van der Waals surface area contributed by atoms with Crippen LogP contribution in [0.2, 0.25) is 5.02 Å². The minimum absolute atomic E-state index is 0.442. The summed E-state index contributed by atoms with van der Waals surface area (Å²) in [6, 6.07) is 8.35. The van der Waals surface area contributed by atoms with Gasteiger partial charge in [0, 0.05) is 28.3 Å². The predicted molar refractivity (Wildman–Crippen MR) is 108 cm³/mol. The third-order valence-corrected chi connectivity index (χ3v) is 4.35. The van der Waals surface area contributed by atoms with E-state index < -0.39 is 0 Å². The molecule has 1 aromatic carbocycles. The van der Waals surface area contributed by atoms with Gasteiger partial charge in [-0.1, -0.05) is 39.3 Å². The highest BCUT2D eigenvalue weighted by Gasteiger charge is 2.07. The second-order valence-corrected chi connectivity index (χ2v) is 6.17. The Balaban J connectivity index is 0.00000139. The summed E-state index contributed by atoms with van der Waals surface area (Å²) >= 11 is 6.04. The molecule has 0 aliphatic heterocycles. The summed E-state index contributed by atoms with van der Waals surface area (Å²) in [5.41, 5.74) is 2.07. The number of nitrogens with one attached hydrogen (secondary N) is 1. The summed E-state index contributed by atoms with van der Waals surface area (Å²) in [6.45, 7) is 14.1. The Labute approximate surface area is 152 Å². The van der Waals surface area contributed by atoms with Crippen molar-refractivity contribution in [2.75, 3.05) is 25.0 Å². The summed E-state index contributed by atoms with van der Waals surface area (Å²) in [4.78, 5) is 6.86. The van der Waals surface area contributed by atoms with Crippen molar-refractivity contribution in [3.8, 4) is 0 Å². The van der Waals surface area contributed by atoms with Crippen LogP contribution in [0.5, 0.6) is 0 Å². The number of hydrogen-bond acceptors (Lipinski definition) is 3. The fraction of sp³-hybridized carbons (Fsp3) is 0.550. The second kappa shape index (κ2) is 11.3. The van der Waals surface area contributed by atoms with Gasteiger partial charge in [0.1, 0.15) is 0 Å². The molecule has 1 N–H and O–H groups in total. The van der Waals surface area contributed by atoms with Crippen LogP contribution in [0.25, 0.3) is 10.9 Å². The van der Waals surface area contributed by atoms with E-state index in [1.54, 1.807) is 0 Å². The third-order valence-electron chi connectivity index (χ3n) is 4.11. The molecule has 0 aliphatic rings. The fourth-order valence-electron chi connectivity index (χ4n) is 2.75. The monoisotopic (exact) mass is 349 g/mol. The molecule has 24 heavy (non-hydrogen) atoms. The SMILES string of the molecule is CC.CCN(CC)CCCC(C)Nc1ccnc2cc(Cl)ccc12. The molecule has 4 heteroatoms. The molecule has 1 unspecified atom stereocenters. The average Bonchev–Trinajstić information content (AvgIpc) is 2.60. The first kappa shape index (κ1) is 20.7. The molecule has 3 nitrogen and oxygen atoms in total. The summed E-state index contributed by atoms with van der Waals surface area (Å²) < 4.78 is 0. The number of fused-ring (bicyclic) bond motifs is 1. The lowest BCUT2D eigenvalue weighted by Crippen LogP contribution is -2.25. The molecule has 0 saturated heterocycles. The number of halogens is 1. The van der Waals surface area contributed by atoms with E-state index in [1.807, 2.05) is 44.3 Å². The lowest BCUT2D eigenvalue weighted by molar-refractivity contribution is 0.295. The number of hydrogen-bond donors (Lipinski definition) is 1. The highest BCUT2D eigenvalue weighted by atomic mass is 35.5. The maximum absolute atomic E-state index is 6.04. The average molecular weight is 350 g/mol. The van der Waals surface area contributed by atoms with Crippen molar-refractivity contribution < 1.29 is 0 Å². The van der Waals surface area contributed by atoms with Crippen LogP contribution in [0.4, 0.5) is 5.69 Å². The normalized spacial score (nSPS) is 12.0. The highest BCUT2D eigenvalue weighted by molar-refractivity contribution is 6.31. The lowest BCUT2D eigenvalue weighted by atomic mass is 10.1. The smallest absolute Gasteiger partial charge is 0.0737 e. The topological polar surface area (TPSA) is 28.2 Å². The van der Waals surface area contributed by atoms with Gasteiger partial charge in [0.2, 0.25) is 0 Å². The minimum Gasteiger partial charge on any atom is -0.382 e. The molecule has 0 amide bonds. The Morgan fingerprint density at radius 2 is 1.88 bits per heavy atom. The maximum Gasteiger partial charge on any atom is 0.0737 e. The van der Waals surface area contributed by atoms with Crippen molar-refractivity contribution in [1.29, 1.82) is 0 Å². The minimum atomic E-state index is 0.442. The molecule has 0 fully saturated rings. The van der Waals surface area contributed by atoms with E-state index in [-0.39, 0.29) is 0 Å². The molecule has 2 rings (SSSR count). The first-order valence-electron chi connectivity index (χ1n) is 9.17. The number of rotatable bonds is 8. The van der Waals surface area contributed by atoms with Gasteiger partial charge in [0.15, 0.2) is 0 Å². The van der Waals surface area contributed by atoms with E-state index in [0.29, 0.717) is 6.04 Å². The summed E-state index contributed by atoms with van der Waals surface area (Å²) in [6.07, 6.45) is 4.21. The summed E-state index contributed by atoms with van der Waals surface area (Å²) in [5.74, 6) is 0. The molecule has 0 aliphatic carbocycles. The van der Waals surface area contributed by atoms with Crippen LogP contribution in [0.1, 0.15) is 47.5 Å². The van der Waals surface area contributed by atoms with E-state index in [9.17, 15) is 0 Å². The van der Waals surface area contributed by atoms with Gasteiger partial charge in [0.25, 0.3) is 0 Å². The van der Waals surface area contributed by atoms with E-state index in [0.717, 1.165) is 41.1 Å². The molecular formula is C20H32ClN3.